The second-order valence-electron chi connectivity index (χ2n) is 4.36. The summed E-state index contributed by atoms with van der Waals surface area (Å²) in [4.78, 5) is 19.6. The SMILES string of the molecule is COC(=O)c1ccc(CN2CCOc3ncccc32)s1. The van der Waals surface area contributed by atoms with Gasteiger partial charge in [-0.2, -0.15) is 0 Å². The van der Waals surface area contributed by atoms with Gasteiger partial charge >= 0.3 is 5.97 Å². The quantitative estimate of drug-likeness (QED) is 0.812. The Bertz CT molecular complexity index is 626. The molecule has 3 heterocycles. The van der Waals surface area contributed by atoms with E-state index in [1.54, 1.807) is 12.3 Å². The second-order valence-corrected chi connectivity index (χ2v) is 5.52. The van der Waals surface area contributed by atoms with Gasteiger partial charge in [-0.15, -0.1) is 11.3 Å². The van der Waals surface area contributed by atoms with Crippen LogP contribution in [0.2, 0.25) is 0 Å². The van der Waals surface area contributed by atoms with Crippen molar-refractivity contribution in [1.29, 1.82) is 0 Å². The summed E-state index contributed by atoms with van der Waals surface area (Å²) in [6.07, 6.45) is 1.73. The van der Waals surface area contributed by atoms with Crippen molar-refractivity contribution in [3.05, 3.63) is 40.2 Å². The van der Waals surface area contributed by atoms with Gasteiger partial charge in [0.2, 0.25) is 5.88 Å². The molecule has 0 fully saturated rings. The third-order valence-electron chi connectivity index (χ3n) is 3.09. The summed E-state index contributed by atoms with van der Waals surface area (Å²) in [5.41, 5.74) is 0.992. The average molecular weight is 290 g/mol. The smallest absolute Gasteiger partial charge is 0.348 e. The Kier molecular flexibility index (Phi) is 3.56. The first-order valence-corrected chi connectivity index (χ1v) is 7.09. The molecule has 5 nitrogen and oxygen atoms in total. The highest BCUT2D eigenvalue weighted by molar-refractivity contribution is 7.13. The molecule has 3 rings (SSSR count). The normalized spacial score (nSPS) is 13.6. The molecule has 0 atom stereocenters. The molecule has 0 bridgehead atoms. The molecule has 0 saturated carbocycles. The zero-order valence-electron chi connectivity index (χ0n) is 11.0. The van der Waals surface area contributed by atoms with Crippen LogP contribution in [0.3, 0.4) is 0 Å². The minimum absolute atomic E-state index is 0.287. The lowest BCUT2D eigenvalue weighted by Crippen LogP contribution is -2.32. The molecule has 2 aromatic rings. The summed E-state index contributed by atoms with van der Waals surface area (Å²) in [7, 11) is 1.39. The Morgan fingerprint density at radius 2 is 2.40 bits per heavy atom. The number of methoxy groups -OCH3 is 1. The Balaban J connectivity index is 1.79. The molecule has 0 aliphatic carbocycles. The molecule has 20 heavy (non-hydrogen) atoms. The summed E-state index contributed by atoms with van der Waals surface area (Å²) in [5.74, 6) is 0.383. The van der Waals surface area contributed by atoms with Crippen molar-refractivity contribution >= 4 is 23.0 Å². The van der Waals surface area contributed by atoms with Crippen LogP contribution in [-0.4, -0.2) is 31.2 Å². The van der Waals surface area contributed by atoms with Crippen LogP contribution in [0.1, 0.15) is 14.5 Å². The maximum absolute atomic E-state index is 11.5. The molecule has 0 saturated heterocycles. The van der Waals surface area contributed by atoms with E-state index in [1.165, 1.54) is 18.4 Å². The third kappa shape index (κ3) is 2.46. The van der Waals surface area contributed by atoms with Crippen LogP contribution in [-0.2, 0) is 11.3 Å². The number of carbonyl (C=O) groups is 1. The number of anilines is 1. The molecule has 0 N–H and O–H groups in total. The van der Waals surface area contributed by atoms with Gasteiger partial charge in [0.1, 0.15) is 17.2 Å². The van der Waals surface area contributed by atoms with Crippen LogP contribution in [0.25, 0.3) is 0 Å². The maximum Gasteiger partial charge on any atom is 0.348 e. The Hall–Kier alpha value is -2.08. The Labute approximate surface area is 120 Å². The molecule has 1 aliphatic heterocycles. The summed E-state index contributed by atoms with van der Waals surface area (Å²) >= 11 is 1.46. The number of carbonyl (C=O) groups excluding carboxylic acids is 1. The van der Waals surface area contributed by atoms with Crippen LogP contribution in [0.15, 0.2) is 30.5 Å². The van der Waals surface area contributed by atoms with Gasteiger partial charge in [-0.1, -0.05) is 0 Å². The zero-order chi connectivity index (χ0) is 13.9. The predicted octanol–water partition coefficient (Wildman–Crippen LogP) is 2.33. The number of aromatic nitrogens is 1. The van der Waals surface area contributed by atoms with E-state index in [0.29, 0.717) is 17.4 Å². The molecule has 0 aromatic carbocycles. The van der Waals surface area contributed by atoms with Crippen LogP contribution in [0.5, 0.6) is 5.88 Å². The average Bonchev–Trinajstić information content (AvgIpc) is 2.95. The number of ether oxygens (including phenoxy) is 2. The Morgan fingerprint density at radius 1 is 1.50 bits per heavy atom. The van der Waals surface area contributed by atoms with Crippen LogP contribution < -0.4 is 9.64 Å². The fourth-order valence-corrected chi connectivity index (χ4v) is 3.07. The molecular formula is C14H14N2O3S. The molecule has 2 aromatic heterocycles. The molecule has 6 heteroatoms. The number of esters is 1. The highest BCUT2D eigenvalue weighted by Gasteiger charge is 2.20. The number of nitrogens with zero attached hydrogens (tertiary/aromatic N) is 2. The van der Waals surface area contributed by atoms with Gasteiger partial charge in [-0.05, 0) is 24.3 Å². The molecule has 0 radical (unpaired) electrons. The van der Waals surface area contributed by atoms with Crippen molar-refractivity contribution < 1.29 is 14.3 Å². The lowest BCUT2D eigenvalue weighted by molar-refractivity contribution is 0.0606. The van der Waals surface area contributed by atoms with Crippen molar-refractivity contribution in [2.75, 3.05) is 25.2 Å². The van der Waals surface area contributed by atoms with Crippen LogP contribution in [0, 0.1) is 0 Å². The minimum atomic E-state index is -0.287. The monoisotopic (exact) mass is 290 g/mol. The van der Waals surface area contributed by atoms with Crippen molar-refractivity contribution in [2.45, 2.75) is 6.54 Å². The standard InChI is InChI=1S/C14H14N2O3S/c1-18-14(17)12-5-4-10(20-12)9-16-7-8-19-13-11(16)3-2-6-15-13/h2-6H,7-9H2,1H3. The van der Waals surface area contributed by atoms with Gasteiger partial charge in [-0.3, -0.25) is 0 Å². The first kappa shape index (κ1) is 12.9. The molecule has 104 valence electrons. The van der Waals surface area contributed by atoms with E-state index >= 15 is 0 Å². The van der Waals surface area contributed by atoms with Gasteiger partial charge in [0.05, 0.1) is 20.2 Å². The highest BCUT2D eigenvalue weighted by atomic mass is 32.1. The van der Waals surface area contributed by atoms with Crippen LogP contribution in [0.4, 0.5) is 5.69 Å². The fraction of sp³-hybridized carbons (Fsp3) is 0.286. The van der Waals surface area contributed by atoms with Crippen molar-refractivity contribution in [3.63, 3.8) is 0 Å². The molecule has 0 spiro atoms. The van der Waals surface area contributed by atoms with Crippen LogP contribution >= 0.6 is 11.3 Å². The third-order valence-corrected chi connectivity index (χ3v) is 4.14. The first-order valence-electron chi connectivity index (χ1n) is 6.27. The highest BCUT2D eigenvalue weighted by Crippen LogP contribution is 2.31. The number of hydrogen-bond donors (Lipinski definition) is 0. The first-order chi connectivity index (χ1) is 9.78. The van der Waals surface area contributed by atoms with Crippen molar-refractivity contribution in [3.8, 4) is 5.88 Å². The maximum atomic E-state index is 11.5. The summed E-state index contributed by atoms with van der Waals surface area (Å²) in [5, 5.41) is 0. The predicted molar refractivity (Wildman–Crippen MR) is 76.4 cm³/mol. The van der Waals surface area contributed by atoms with Gasteiger partial charge in [0, 0.05) is 11.1 Å². The molecule has 0 unspecified atom stereocenters. The topological polar surface area (TPSA) is 51.7 Å². The number of fused-ring (bicyclic) bond motifs is 1. The molecular weight excluding hydrogens is 276 g/mol. The summed E-state index contributed by atoms with van der Waals surface area (Å²) in [6.45, 7) is 2.17. The number of pyridine rings is 1. The minimum Gasteiger partial charge on any atom is -0.474 e. The van der Waals surface area contributed by atoms with Gasteiger partial charge < -0.3 is 14.4 Å². The van der Waals surface area contributed by atoms with E-state index < -0.39 is 0 Å². The lowest BCUT2D eigenvalue weighted by atomic mass is 10.3. The van der Waals surface area contributed by atoms with Gasteiger partial charge in [-0.25, -0.2) is 9.78 Å². The van der Waals surface area contributed by atoms with E-state index in [2.05, 4.69) is 9.88 Å². The number of thiophene rings is 1. The van der Waals surface area contributed by atoms with Gasteiger partial charge in [0.15, 0.2) is 0 Å². The summed E-state index contributed by atoms with van der Waals surface area (Å²) in [6, 6.07) is 7.66. The molecule has 0 amide bonds. The summed E-state index contributed by atoms with van der Waals surface area (Å²) < 4.78 is 10.3. The van der Waals surface area contributed by atoms with Gasteiger partial charge in [0.25, 0.3) is 0 Å². The van der Waals surface area contributed by atoms with E-state index in [0.717, 1.165) is 23.7 Å². The lowest BCUT2D eigenvalue weighted by Gasteiger charge is -2.29. The zero-order valence-corrected chi connectivity index (χ0v) is 11.9. The molecule has 1 aliphatic rings. The number of hydrogen-bond acceptors (Lipinski definition) is 6. The van der Waals surface area contributed by atoms with E-state index in [-0.39, 0.29) is 5.97 Å². The Morgan fingerprint density at radius 3 is 3.25 bits per heavy atom. The van der Waals surface area contributed by atoms with Crippen molar-refractivity contribution in [1.82, 2.24) is 4.98 Å². The number of rotatable bonds is 3. The van der Waals surface area contributed by atoms with Crippen molar-refractivity contribution in [2.24, 2.45) is 0 Å². The second kappa shape index (κ2) is 5.50. The van der Waals surface area contributed by atoms with E-state index in [1.807, 2.05) is 18.2 Å². The van der Waals surface area contributed by atoms with E-state index in [4.69, 9.17) is 9.47 Å². The van der Waals surface area contributed by atoms with E-state index in [9.17, 15) is 4.79 Å². The fourth-order valence-electron chi connectivity index (χ4n) is 2.13. The largest absolute Gasteiger partial charge is 0.474 e.